The average Bonchev–Trinajstić information content (AvgIpc) is 2.79. The van der Waals surface area contributed by atoms with Crippen LogP contribution in [0.3, 0.4) is 0 Å². The number of nitrogens with zero attached hydrogens (tertiary/aromatic N) is 3. The number of anilines is 1. The molecule has 106 valence electrons. The molecule has 1 N–H and O–H groups in total. The van der Waals surface area contributed by atoms with Crippen molar-refractivity contribution in [1.82, 2.24) is 14.8 Å². The van der Waals surface area contributed by atoms with Crippen LogP contribution in [0.2, 0.25) is 0 Å². The lowest BCUT2D eigenvalue weighted by Crippen LogP contribution is -2.25. The van der Waals surface area contributed by atoms with E-state index >= 15 is 0 Å². The fraction of sp³-hybridized carbons (Fsp3) is 0.333. The molecule has 0 aromatic carbocycles. The van der Waals surface area contributed by atoms with E-state index in [9.17, 15) is 12.8 Å². The number of rotatable bonds is 4. The van der Waals surface area contributed by atoms with Crippen LogP contribution in [-0.4, -0.2) is 23.2 Å². The van der Waals surface area contributed by atoms with Gasteiger partial charge in [-0.2, -0.15) is 13.5 Å². The molecule has 20 heavy (non-hydrogen) atoms. The van der Waals surface area contributed by atoms with Crippen molar-refractivity contribution >= 4 is 15.8 Å². The van der Waals surface area contributed by atoms with Crippen LogP contribution in [0.15, 0.2) is 35.6 Å². The zero-order chi connectivity index (χ0) is 14.2. The molecule has 1 aliphatic rings. The van der Waals surface area contributed by atoms with Crippen molar-refractivity contribution in [2.45, 2.75) is 30.3 Å². The molecule has 0 amide bonds. The third-order valence-electron chi connectivity index (χ3n) is 3.32. The second kappa shape index (κ2) is 4.86. The molecule has 1 aliphatic carbocycles. The number of nitrogens with one attached hydrogen (secondary N) is 1. The van der Waals surface area contributed by atoms with Gasteiger partial charge in [-0.25, -0.2) is 14.1 Å². The van der Waals surface area contributed by atoms with Gasteiger partial charge in [-0.05, 0) is 37.5 Å². The predicted octanol–water partition coefficient (Wildman–Crippen LogP) is 1.94. The first-order valence-electron chi connectivity index (χ1n) is 6.25. The summed E-state index contributed by atoms with van der Waals surface area (Å²) in [5, 5.41) is 4.09. The van der Waals surface area contributed by atoms with Crippen LogP contribution < -0.4 is 4.72 Å². The summed E-state index contributed by atoms with van der Waals surface area (Å²) in [4.78, 5) is 3.69. The Kier molecular flexibility index (Phi) is 3.17. The SMILES string of the molecule is O=S(=O)(Nc1ncccc1F)c1ccnn1C1CCC1. The highest BCUT2D eigenvalue weighted by Gasteiger charge is 2.28. The Labute approximate surface area is 115 Å². The van der Waals surface area contributed by atoms with Crippen LogP contribution in [0, 0.1) is 5.82 Å². The summed E-state index contributed by atoms with van der Waals surface area (Å²) in [5.41, 5.74) is 0. The smallest absolute Gasteiger partial charge is 0.260 e. The lowest BCUT2D eigenvalue weighted by atomic mass is 9.93. The average molecular weight is 296 g/mol. The van der Waals surface area contributed by atoms with E-state index in [0.29, 0.717) is 0 Å². The normalized spacial score (nSPS) is 15.8. The minimum Gasteiger partial charge on any atom is -0.260 e. The van der Waals surface area contributed by atoms with Gasteiger partial charge in [0.25, 0.3) is 10.0 Å². The van der Waals surface area contributed by atoms with Crippen LogP contribution >= 0.6 is 0 Å². The van der Waals surface area contributed by atoms with Gasteiger partial charge >= 0.3 is 0 Å². The van der Waals surface area contributed by atoms with E-state index in [2.05, 4.69) is 14.8 Å². The Hall–Kier alpha value is -1.96. The Morgan fingerprint density at radius 3 is 2.75 bits per heavy atom. The van der Waals surface area contributed by atoms with Crippen molar-refractivity contribution < 1.29 is 12.8 Å². The summed E-state index contributed by atoms with van der Waals surface area (Å²) in [6.07, 6.45) is 5.63. The first-order valence-corrected chi connectivity index (χ1v) is 7.73. The lowest BCUT2D eigenvalue weighted by molar-refractivity contribution is 0.271. The highest BCUT2D eigenvalue weighted by molar-refractivity contribution is 7.92. The molecule has 0 bridgehead atoms. The van der Waals surface area contributed by atoms with Crippen LogP contribution in [0.1, 0.15) is 25.3 Å². The summed E-state index contributed by atoms with van der Waals surface area (Å²) in [6.45, 7) is 0. The third-order valence-corrected chi connectivity index (χ3v) is 4.66. The quantitative estimate of drug-likeness (QED) is 0.935. The molecule has 6 nitrogen and oxygen atoms in total. The molecule has 2 aromatic heterocycles. The van der Waals surface area contributed by atoms with E-state index in [4.69, 9.17) is 0 Å². The minimum absolute atomic E-state index is 0.0345. The summed E-state index contributed by atoms with van der Waals surface area (Å²) in [7, 11) is -3.90. The maximum atomic E-state index is 13.5. The molecule has 1 fully saturated rings. The van der Waals surface area contributed by atoms with E-state index in [0.717, 1.165) is 25.3 Å². The van der Waals surface area contributed by atoms with Crippen molar-refractivity contribution in [2.24, 2.45) is 0 Å². The number of hydrogen-bond donors (Lipinski definition) is 1. The highest BCUT2D eigenvalue weighted by Crippen LogP contribution is 2.33. The maximum absolute atomic E-state index is 13.5. The van der Waals surface area contributed by atoms with Gasteiger partial charge in [0.2, 0.25) is 0 Å². The van der Waals surface area contributed by atoms with Crippen LogP contribution in [0.5, 0.6) is 0 Å². The van der Waals surface area contributed by atoms with Crippen molar-refractivity contribution in [3.8, 4) is 0 Å². The molecular weight excluding hydrogens is 283 g/mol. The Morgan fingerprint density at radius 1 is 1.30 bits per heavy atom. The topological polar surface area (TPSA) is 76.9 Å². The summed E-state index contributed by atoms with van der Waals surface area (Å²) in [6, 6.07) is 4.05. The number of pyridine rings is 1. The Balaban J connectivity index is 1.93. The lowest BCUT2D eigenvalue weighted by Gasteiger charge is -2.27. The van der Waals surface area contributed by atoms with E-state index in [-0.39, 0.29) is 16.9 Å². The maximum Gasteiger partial charge on any atom is 0.280 e. The largest absolute Gasteiger partial charge is 0.280 e. The number of aromatic nitrogens is 3. The molecule has 2 aromatic rings. The molecule has 0 spiro atoms. The molecule has 8 heteroatoms. The van der Waals surface area contributed by atoms with Crippen LogP contribution in [-0.2, 0) is 10.0 Å². The summed E-state index contributed by atoms with van der Waals surface area (Å²) in [5.74, 6) is -1.03. The van der Waals surface area contributed by atoms with Gasteiger partial charge < -0.3 is 0 Å². The fourth-order valence-electron chi connectivity index (χ4n) is 2.06. The second-order valence-electron chi connectivity index (χ2n) is 4.64. The van der Waals surface area contributed by atoms with Crippen molar-refractivity contribution in [3.63, 3.8) is 0 Å². The van der Waals surface area contributed by atoms with Gasteiger partial charge in [-0.3, -0.25) is 4.72 Å². The molecule has 0 aliphatic heterocycles. The molecule has 2 heterocycles. The van der Waals surface area contributed by atoms with Crippen LogP contribution in [0.4, 0.5) is 10.2 Å². The zero-order valence-corrected chi connectivity index (χ0v) is 11.3. The molecule has 3 rings (SSSR count). The highest BCUT2D eigenvalue weighted by atomic mass is 32.2. The van der Waals surface area contributed by atoms with Crippen molar-refractivity contribution in [1.29, 1.82) is 0 Å². The minimum atomic E-state index is -3.90. The first kappa shape index (κ1) is 13.0. The van der Waals surface area contributed by atoms with Gasteiger partial charge in [0.15, 0.2) is 16.7 Å². The van der Waals surface area contributed by atoms with E-state index < -0.39 is 15.8 Å². The number of hydrogen-bond acceptors (Lipinski definition) is 4. The van der Waals surface area contributed by atoms with E-state index in [1.165, 1.54) is 29.2 Å². The fourth-order valence-corrected chi connectivity index (χ4v) is 3.25. The van der Waals surface area contributed by atoms with Crippen molar-refractivity contribution in [2.75, 3.05) is 4.72 Å². The first-order chi connectivity index (χ1) is 9.58. The van der Waals surface area contributed by atoms with E-state index in [1.54, 1.807) is 0 Å². The predicted molar refractivity (Wildman–Crippen MR) is 70.1 cm³/mol. The number of sulfonamides is 1. The molecule has 0 unspecified atom stereocenters. The molecular formula is C12H13FN4O2S. The third kappa shape index (κ3) is 2.26. The Morgan fingerprint density at radius 2 is 2.10 bits per heavy atom. The molecule has 1 saturated carbocycles. The number of halogens is 1. The van der Waals surface area contributed by atoms with Gasteiger partial charge in [0, 0.05) is 6.20 Å². The summed E-state index contributed by atoms with van der Waals surface area (Å²) >= 11 is 0. The van der Waals surface area contributed by atoms with Crippen LogP contribution in [0.25, 0.3) is 0 Å². The molecule has 0 atom stereocenters. The molecule has 0 saturated heterocycles. The van der Waals surface area contributed by atoms with Gasteiger partial charge in [0.05, 0.1) is 12.2 Å². The monoisotopic (exact) mass is 296 g/mol. The Bertz CT molecular complexity index is 725. The molecule has 0 radical (unpaired) electrons. The zero-order valence-electron chi connectivity index (χ0n) is 10.5. The summed E-state index contributed by atoms with van der Waals surface area (Å²) < 4.78 is 41.7. The standard InChI is InChI=1S/C12H13FN4O2S/c13-10-5-2-7-14-12(10)16-20(18,19)11-6-8-15-17(11)9-3-1-4-9/h2,5-9H,1,3-4H2,(H,14,16). The van der Waals surface area contributed by atoms with Crippen molar-refractivity contribution in [3.05, 3.63) is 36.4 Å². The van der Waals surface area contributed by atoms with Gasteiger partial charge in [-0.1, -0.05) is 0 Å². The van der Waals surface area contributed by atoms with Gasteiger partial charge in [0.1, 0.15) is 0 Å². The van der Waals surface area contributed by atoms with E-state index in [1.807, 2.05) is 0 Å². The van der Waals surface area contributed by atoms with Gasteiger partial charge in [-0.15, -0.1) is 0 Å². The second-order valence-corrected chi connectivity index (χ2v) is 6.27.